The van der Waals surface area contributed by atoms with Crippen molar-refractivity contribution in [2.45, 2.75) is 6.92 Å². The highest BCUT2D eigenvalue weighted by Gasteiger charge is 2.27. The van der Waals surface area contributed by atoms with E-state index in [1.54, 1.807) is 54.6 Å². The molecule has 0 heterocycles. The minimum Gasteiger partial charge on any atom is -0.494 e. The number of rotatable bonds is 8. The van der Waals surface area contributed by atoms with Gasteiger partial charge in [-0.3, -0.25) is 4.79 Å². The largest absolute Gasteiger partial charge is 0.494 e. The highest BCUT2D eigenvalue weighted by atomic mass is 32.2. The zero-order chi connectivity index (χ0) is 19.2. The Kier molecular flexibility index (Phi) is 6.59. The maximum Gasteiger partial charge on any atom is 0.304 e. The Morgan fingerprint density at radius 1 is 1.08 bits per heavy atom. The molecular weight excluding hydrogens is 354 g/mol. The Balaban J connectivity index is 2.20. The van der Waals surface area contributed by atoms with Gasteiger partial charge in [-0.05, 0) is 31.2 Å². The molecule has 2 aromatic rings. The first-order valence-corrected chi connectivity index (χ1v) is 9.52. The summed E-state index contributed by atoms with van der Waals surface area (Å²) in [5.74, 6) is 0.180. The van der Waals surface area contributed by atoms with E-state index >= 15 is 0 Å². The van der Waals surface area contributed by atoms with Crippen molar-refractivity contribution in [1.29, 1.82) is 0 Å². The quantitative estimate of drug-likeness (QED) is 0.766. The molecule has 7 nitrogen and oxygen atoms in total. The van der Waals surface area contributed by atoms with Gasteiger partial charge < -0.3 is 10.1 Å². The van der Waals surface area contributed by atoms with E-state index in [-0.39, 0.29) is 6.54 Å². The monoisotopic (exact) mass is 377 g/mol. The van der Waals surface area contributed by atoms with Gasteiger partial charge in [0.15, 0.2) is 0 Å². The van der Waals surface area contributed by atoms with Gasteiger partial charge in [0.05, 0.1) is 12.3 Å². The summed E-state index contributed by atoms with van der Waals surface area (Å²) in [6.45, 7) is 2.04. The van der Waals surface area contributed by atoms with Crippen molar-refractivity contribution in [1.82, 2.24) is 4.31 Å². The van der Waals surface area contributed by atoms with Gasteiger partial charge in [0.2, 0.25) is 5.91 Å². The summed E-state index contributed by atoms with van der Waals surface area (Å²) in [7, 11) is -0.964. The van der Waals surface area contributed by atoms with Crippen LogP contribution >= 0.6 is 0 Å². The van der Waals surface area contributed by atoms with Crippen molar-refractivity contribution in [3.63, 3.8) is 0 Å². The van der Waals surface area contributed by atoms with E-state index in [0.29, 0.717) is 23.7 Å². The molecule has 0 aliphatic heterocycles. The summed E-state index contributed by atoms with van der Waals surface area (Å²) in [5, 5.41) is 2.71. The molecule has 0 saturated heterocycles. The lowest BCUT2D eigenvalue weighted by Gasteiger charge is -2.26. The van der Waals surface area contributed by atoms with Crippen molar-refractivity contribution in [3.05, 3.63) is 54.6 Å². The lowest BCUT2D eigenvalue weighted by atomic mass is 10.3. The zero-order valence-corrected chi connectivity index (χ0v) is 15.9. The van der Waals surface area contributed by atoms with E-state index in [1.165, 1.54) is 14.1 Å². The maximum absolute atomic E-state index is 12.6. The highest BCUT2D eigenvalue weighted by molar-refractivity contribution is 7.90. The Morgan fingerprint density at radius 2 is 1.77 bits per heavy atom. The van der Waals surface area contributed by atoms with Crippen molar-refractivity contribution >= 4 is 27.5 Å². The molecule has 0 aliphatic carbocycles. The lowest BCUT2D eigenvalue weighted by Crippen LogP contribution is -2.44. The van der Waals surface area contributed by atoms with Gasteiger partial charge >= 0.3 is 10.2 Å². The third-order valence-corrected chi connectivity index (χ3v) is 5.32. The zero-order valence-electron chi connectivity index (χ0n) is 15.0. The van der Waals surface area contributed by atoms with E-state index in [0.717, 1.165) is 8.61 Å². The average molecular weight is 377 g/mol. The minimum absolute atomic E-state index is 0.344. The van der Waals surface area contributed by atoms with E-state index in [9.17, 15) is 13.2 Å². The number of carbonyl (C=O) groups excluding carboxylic acids is 1. The van der Waals surface area contributed by atoms with Crippen molar-refractivity contribution in [3.8, 4) is 5.75 Å². The topological polar surface area (TPSA) is 79.0 Å². The maximum atomic E-state index is 12.6. The van der Waals surface area contributed by atoms with Crippen LogP contribution in [0.1, 0.15) is 6.92 Å². The first-order valence-electron chi connectivity index (χ1n) is 8.12. The molecule has 0 aromatic heterocycles. The number of hydrogen-bond acceptors (Lipinski definition) is 4. The number of nitrogens with one attached hydrogen (secondary N) is 1. The molecule has 0 bridgehead atoms. The molecule has 0 atom stereocenters. The van der Waals surface area contributed by atoms with Crippen LogP contribution in [0, 0.1) is 0 Å². The summed E-state index contributed by atoms with van der Waals surface area (Å²) in [5.41, 5.74) is 0.954. The van der Waals surface area contributed by atoms with Gasteiger partial charge in [0.25, 0.3) is 0 Å². The lowest BCUT2D eigenvalue weighted by molar-refractivity contribution is -0.114. The first-order chi connectivity index (χ1) is 12.3. The van der Waals surface area contributed by atoms with Crippen LogP contribution in [-0.2, 0) is 15.0 Å². The fraction of sp³-hybridized carbons (Fsp3) is 0.278. The summed E-state index contributed by atoms with van der Waals surface area (Å²) in [6, 6.07) is 15.5. The molecule has 0 unspecified atom stereocenters. The minimum atomic E-state index is -3.82. The molecule has 8 heteroatoms. The Bertz CT molecular complexity index is 839. The number of benzene rings is 2. The number of amides is 1. The van der Waals surface area contributed by atoms with Crippen molar-refractivity contribution in [2.75, 3.05) is 36.9 Å². The predicted octanol–water partition coefficient (Wildman–Crippen LogP) is 2.34. The van der Waals surface area contributed by atoms with E-state index in [2.05, 4.69) is 5.32 Å². The number of anilines is 2. The van der Waals surface area contributed by atoms with Gasteiger partial charge in [-0.2, -0.15) is 12.7 Å². The molecule has 2 aromatic carbocycles. The summed E-state index contributed by atoms with van der Waals surface area (Å²) in [4.78, 5) is 12.5. The fourth-order valence-electron chi connectivity index (χ4n) is 2.26. The molecule has 0 fully saturated rings. The predicted molar refractivity (Wildman–Crippen MR) is 103 cm³/mol. The molecule has 2 rings (SSSR count). The van der Waals surface area contributed by atoms with Crippen LogP contribution in [0.4, 0.5) is 11.4 Å². The van der Waals surface area contributed by atoms with Crippen LogP contribution in [-0.4, -0.2) is 45.9 Å². The van der Waals surface area contributed by atoms with Gasteiger partial charge in [-0.25, -0.2) is 4.31 Å². The Labute approximate surface area is 154 Å². The van der Waals surface area contributed by atoms with Gasteiger partial charge in [0.1, 0.15) is 12.3 Å². The Hall–Kier alpha value is -2.58. The molecule has 0 radical (unpaired) electrons. The molecule has 1 N–H and O–H groups in total. The van der Waals surface area contributed by atoms with Crippen molar-refractivity contribution in [2.24, 2.45) is 0 Å². The molecule has 0 aliphatic rings. The van der Waals surface area contributed by atoms with Gasteiger partial charge in [0, 0.05) is 25.8 Å². The van der Waals surface area contributed by atoms with Crippen LogP contribution in [0.5, 0.6) is 5.75 Å². The molecule has 140 valence electrons. The standard InChI is InChI=1S/C18H23N3O4S/c1-4-25-17-12-8-9-15(13-17)19-18(22)14-21(26(23,24)20(2)3)16-10-6-5-7-11-16/h5-13H,4,14H2,1-3H3,(H,19,22). The van der Waals surface area contributed by atoms with Gasteiger partial charge in [-0.1, -0.05) is 24.3 Å². The summed E-state index contributed by atoms with van der Waals surface area (Å²) >= 11 is 0. The van der Waals surface area contributed by atoms with Crippen molar-refractivity contribution < 1.29 is 17.9 Å². The molecular formula is C18H23N3O4S. The number of ether oxygens (including phenoxy) is 1. The van der Waals surface area contributed by atoms with E-state index in [4.69, 9.17) is 4.74 Å². The first kappa shape index (κ1) is 19.7. The number of para-hydroxylation sites is 1. The number of nitrogens with zero attached hydrogens (tertiary/aromatic N) is 2. The third-order valence-electron chi connectivity index (χ3n) is 3.50. The second-order valence-electron chi connectivity index (χ2n) is 5.64. The molecule has 0 spiro atoms. The second-order valence-corrected chi connectivity index (χ2v) is 7.71. The smallest absolute Gasteiger partial charge is 0.304 e. The van der Waals surface area contributed by atoms with Crippen LogP contribution in [0.3, 0.4) is 0 Å². The fourth-order valence-corrected chi connectivity index (χ4v) is 3.32. The number of hydrogen-bond donors (Lipinski definition) is 1. The SMILES string of the molecule is CCOc1cccc(NC(=O)CN(c2ccccc2)S(=O)(=O)N(C)C)c1. The third kappa shape index (κ3) is 4.96. The molecule has 1 amide bonds. The van der Waals surface area contributed by atoms with Gasteiger partial charge in [-0.15, -0.1) is 0 Å². The van der Waals surface area contributed by atoms with Crippen LogP contribution in [0.25, 0.3) is 0 Å². The van der Waals surface area contributed by atoms with E-state index < -0.39 is 16.1 Å². The van der Waals surface area contributed by atoms with Crippen LogP contribution < -0.4 is 14.4 Å². The number of carbonyl (C=O) groups is 1. The molecule has 26 heavy (non-hydrogen) atoms. The average Bonchev–Trinajstić information content (AvgIpc) is 2.61. The molecule has 0 saturated carbocycles. The highest BCUT2D eigenvalue weighted by Crippen LogP contribution is 2.20. The van der Waals surface area contributed by atoms with Crippen LogP contribution in [0.15, 0.2) is 54.6 Å². The van der Waals surface area contributed by atoms with E-state index in [1.807, 2.05) is 6.92 Å². The summed E-state index contributed by atoms with van der Waals surface area (Å²) in [6.07, 6.45) is 0. The van der Waals surface area contributed by atoms with Crippen LogP contribution in [0.2, 0.25) is 0 Å². The summed E-state index contributed by atoms with van der Waals surface area (Å²) < 4.78 is 32.8. The Morgan fingerprint density at radius 3 is 2.38 bits per heavy atom. The second kappa shape index (κ2) is 8.68. The normalized spacial score (nSPS) is 11.2.